The first kappa shape index (κ1) is 14.8. The molecule has 1 aliphatic rings. The Morgan fingerprint density at radius 2 is 2.18 bits per heavy atom. The molecule has 1 amide bonds. The summed E-state index contributed by atoms with van der Waals surface area (Å²) >= 11 is 5.85. The van der Waals surface area contributed by atoms with Crippen LogP contribution in [0, 0.1) is 0 Å². The minimum Gasteiger partial charge on any atom is -0.355 e. The topological polar surface area (TPSA) is 67.2 Å². The monoisotopic (exact) mass is 317 g/mol. The first-order valence-electron chi connectivity index (χ1n) is 7.12. The molecule has 0 bridgehead atoms. The van der Waals surface area contributed by atoms with Gasteiger partial charge in [0.2, 0.25) is 0 Å². The Kier molecular flexibility index (Phi) is 4.56. The van der Waals surface area contributed by atoms with Crippen LogP contribution >= 0.6 is 11.6 Å². The molecule has 2 aromatic rings. The zero-order valence-electron chi connectivity index (χ0n) is 11.9. The van der Waals surface area contributed by atoms with Gasteiger partial charge in [0.05, 0.1) is 0 Å². The first-order chi connectivity index (χ1) is 10.7. The van der Waals surface area contributed by atoms with Crippen molar-refractivity contribution in [1.29, 1.82) is 0 Å². The summed E-state index contributed by atoms with van der Waals surface area (Å²) < 4.78 is 5.22. The van der Waals surface area contributed by atoms with Crippen LogP contribution in [-0.4, -0.2) is 30.7 Å². The molecule has 1 aliphatic heterocycles. The Morgan fingerprint density at radius 3 is 2.91 bits per heavy atom. The lowest BCUT2D eigenvalue weighted by Gasteiger charge is -2.13. The van der Waals surface area contributed by atoms with Crippen LogP contribution in [0.3, 0.4) is 0 Å². The number of amides is 1. The summed E-state index contributed by atoms with van der Waals surface area (Å²) in [5.74, 6) is 0.311. The van der Waals surface area contributed by atoms with E-state index in [1.807, 2.05) is 12.1 Å². The van der Waals surface area contributed by atoms with E-state index in [9.17, 15) is 4.79 Å². The van der Waals surface area contributed by atoms with E-state index in [1.165, 1.54) is 5.57 Å². The number of aromatic nitrogens is 1. The molecule has 0 saturated carbocycles. The minimum atomic E-state index is -0.233. The molecule has 0 aliphatic carbocycles. The van der Waals surface area contributed by atoms with Gasteiger partial charge in [0.1, 0.15) is 0 Å². The van der Waals surface area contributed by atoms with Gasteiger partial charge in [-0.05, 0) is 37.2 Å². The third kappa shape index (κ3) is 3.55. The molecule has 3 rings (SSSR count). The maximum Gasteiger partial charge on any atom is 0.273 e. The molecule has 0 fully saturated rings. The Balaban J connectivity index is 1.64. The van der Waals surface area contributed by atoms with E-state index >= 15 is 0 Å². The third-order valence-corrected chi connectivity index (χ3v) is 3.76. The molecule has 1 aromatic carbocycles. The van der Waals surface area contributed by atoms with Crippen molar-refractivity contribution < 1.29 is 9.32 Å². The lowest BCUT2D eigenvalue weighted by molar-refractivity contribution is 0.0947. The van der Waals surface area contributed by atoms with Crippen molar-refractivity contribution in [2.75, 3.05) is 19.6 Å². The third-order valence-electron chi connectivity index (χ3n) is 3.51. The van der Waals surface area contributed by atoms with Crippen LogP contribution in [-0.2, 0) is 0 Å². The number of rotatable bonds is 4. The van der Waals surface area contributed by atoms with Gasteiger partial charge in [0.25, 0.3) is 5.91 Å². The van der Waals surface area contributed by atoms with Crippen molar-refractivity contribution in [3.63, 3.8) is 0 Å². The lowest BCUT2D eigenvalue weighted by atomic mass is 10.1. The highest BCUT2D eigenvalue weighted by molar-refractivity contribution is 6.30. The predicted molar refractivity (Wildman–Crippen MR) is 84.9 cm³/mol. The number of benzene rings is 1. The standard InChI is InChI=1S/C16H16ClN3O2/c17-13-3-1-12(2-4-13)15-9-14(20-22-15)16(21)19-10-11-5-7-18-8-6-11/h1-5,9,18H,6-8,10H2,(H,19,21). The number of halogens is 1. The summed E-state index contributed by atoms with van der Waals surface area (Å²) in [6.45, 7) is 2.35. The quantitative estimate of drug-likeness (QED) is 0.851. The van der Waals surface area contributed by atoms with Gasteiger partial charge in [0.15, 0.2) is 11.5 Å². The SMILES string of the molecule is O=C(NCC1=CCNCC1)c1cc(-c2ccc(Cl)cc2)on1. The van der Waals surface area contributed by atoms with Gasteiger partial charge in [-0.1, -0.05) is 28.4 Å². The lowest BCUT2D eigenvalue weighted by Crippen LogP contribution is -2.29. The highest BCUT2D eigenvalue weighted by Gasteiger charge is 2.14. The highest BCUT2D eigenvalue weighted by atomic mass is 35.5. The zero-order chi connectivity index (χ0) is 15.4. The van der Waals surface area contributed by atoms with Gasteiger partial charge < -0.3 is 15.2 Å². The van der Waals surface area contributed by atoms with E-state index in [4.69, 9.17) is 16.1 Å². The molecule has 0 saturated heterocycles. The molecule has 1 aromatic heterocycles. The highest BCUT2D eigenvalue weighted by Crippen LogP contribution is 2.22. The molecule has 6 heteroatoms. The van der Waals surface area contributed by atoms with Crippen LogP contribution in [0.5, 0.6) is 0 Å². The smallest absolute Gasteiger partial charge is 0.273 e. The zero-order valence-corrected chi connectivity index (χ0v) is 12.7. The van der Waals surface area contributed by atoms with Gasteiger partial charge in [-0.25, -0.2) is 0 Å². The molecule has 114 valence electrons. The van der Waals surface area contributed by atoms with Crippen LogP contribution < -0.4 is 10.6 Å². The van der Waals surface area contributed by atoms with Crippen LogP contribution in [0.15, 0.2) is 46.5 Å². The summed E-state index contributed by atoms with van der Waals surface area (Å²) in [5.41, 5.74) is 2.34. The van der Waals surface area contributed by atoms with Crippen LogP contribution in [0.2, 0.25) is 5.02 Å². The molecular weight excluding hydrogens is 302 g/mol. The van der Waals surface area contributed by atoms with Gasteiger partial charge in [-0.2, -0.15) is 0 Å². The molecule has 5 nitrogen and oxygen atoms in total. The average molecular weight is 318 g/mol. The average Bonchev–Trinajstić information content (AvgIpc) is 3.04. The summed E-state index contributed by atoms with van der Waals surface area (Å²) in [6, 6.07) is 8.82. The van der Waals surface area contributed by atoms with Gasteiger partial charge >= 0.3 is 0 Å². The van der Waals surface area contributed by atoms with Crippen molar-refractivity contribution in [2.24, 2.45) is 0 Å². The van der Waals surface area contributed by atoms with Crippen molar-refractivity contribution >= 4 is 17.5 Å². The number of carbonyl (C=O) groups excluding carboxylic acids is 1. The summed E-state index contributed by atoms with van der Waals surface area (Å²) in [4.78, 5) is 12.1. The van der Waals surface area contributed by atoms with E-state index in [2.05, 4.69) is 21.9 Å². The Bertz CT molecular complexity index is 692. The fourth-order valence-corrected chi connectivity index (χ4v) is 2.37. The number of nitrogens with one attached hydrogen (secondary N) is 2. The number of hydrogen-bond donors (Lipinski definition) is 2. The first-order valence-corrected chi connectivity index (χ1v) is 7.49. The fourth-order valence-electron chi connectivity index (χ4n) is 2.25. The molecule has 2 N–H and O–H groups in total. The minimum absolute atomic E-state index is 0.233. The van der Waals surface area contributed by atoms with E-state index < -0.39 is 0 Å². The molecule has 2 heterocycles. The molecule has 0 atom stereocenters. The summed E-state index contributed by atoms with van der Waals surface area (Å²) in [7, 11) is 0. The summed E-state index contributed by atoms with van der Waals surface area (Å²) in [5, 5.41) is 10.6. The molecule has 22 heavy (non-hydrogen) atoms. The van der Waals surface area contributed by atoms with Gasteiger partial charge in [-0.15, -0.1) is 0 Å². The Labute approximate surface area is 133 Å². The van der Waals surface area contributed by atoms with E-state index in [0.29, 0.717) is 17.3 Å². The largest absolute Gasteiger partial charge is 0.355 e. The predicted octanol–water partition coefficient (Wildman–Crippen LogP) is 2.64. The molecular formula is C16H16ClN3O2. The second kappa shape index (κ2) is 6.77. The molecule has 0 spiro atoms. The van der Waals surface area contributed by atoms with E-state index in [1.54, 1.807) is 18.2 Å². The Hall–Kier alpha value is -2.11. The maximum absolute atomic E-state index is 12.1. The van der Waals surface area contributed by atoms with Crippen LogP contribution in [0.25, 0.3) is 11.3 Å². The van der Waals surface area contributed by atoms with Crippen molar-refractivity contribution in [2.45, 2.75) is 6.42 Å². The number of nitrogens with zero attached hydrogens (tertiary/aromatic N) is 1. The number of hydrogen-bond acceptors (Lipinski definition) is 4. The van der Waals surface area contributed by atoms with Gasteiger partial charge in [-0.3, -0.25) is 4.79 Å². The van der Waals surface area contributed by atoms with Crippen molar-refractivity contribution in [1.82, 2.24) is 15.8 Å². The second-order valence-electron chi connectivity index (χ2n) is 5.08. The molecule has 0 unspecified atom stereocenters. The maximum atomic E-state index is 12.1. The van der Waals surface area contributed by atoms with Gasteiger partial charge in [0, 0.05) is 29.7 Å². The van der Waals surface area contributed by atoms with Crippen molar-refractivity contribution in [3.8, 4) is 11.3 Å². The fraction of sp³-hybridized carbons (Fsp3) is 0.250. The van der Waals surface area contributed by atoms with Crippen LogP contribution in [0.1, 0.15) is 16.9 Å². The van der Waals surface area contributed by atoms with Crippen molar-refractivity contribution in [3.05, 3.63) is 52.7 Å². The Morgan fingerprint density at radius 1 is 1.36 bits per heavy atom. The molecule has 0 radical (unpaired) electrons. The van der Waals surface area contributed by atoms with E-state index in [0.717, 1.165) is 25.1 Å². The van der Waals surface area contributed by atoms with E-state index in [-0.39, 0.29) is 11.6 Å². The normalized spacial score (nSPS) is 14.5. The second-order valence-corrected chi connectivity index (χ2v) is 5.52. The number of carbonyl (C=O) groups is 1. The summed E-state index contributed by atoms with van der Waals surface area (Å²) in [6.07, 6.45) is 3.06. The van der Waals surface area contributed by atoms with Crippen LogP contribution in [0.4, 0.5) is 0 Å².